The first kappa shape index (κ1) is 21.8. The molecule has 3 N–H and O–H groups in total. The van der Waals surface area contributed by atoms with Crippen LogP contribution in [0.15, 0.2) is 69.3 Å². The molecule has 1 aliphatic carbocycles. The summed E-state index contributed by atoms with van der Waals surface area (Å²) in [5.41, 5.74) is 0.353. The van der Waals surface area contributed by atoms with Crippen LogP contribution in [0.4, 0.5) is 0 Å². The number of sulfonamides is 1. The highest BCUT2D eigenvalue weighted by Crippen LogP contribution is 2.42. The molecule has 1 unspecified atom stereocenters. The van der Waals surface area contributed by atoms with Crippen molar-refractivity contribution in [2.75, 3.05) is 6.54 Å². The number of carbonyl (C=O) groups excluding carboxylic acids is 1. The number of carbonyl (C=O) groups is 2. The minimum atomic E-state index is -3.90. The van der Waals surface area contributed by atoms with Gasteiger partial charge < -0.3 is 10.4 Å². The molecule has 1 fully saturated rings. The Bertz CT molecular complexity index is 1120. The number of ketones is 1. The van der Waals surface area contributed by atoms with E-state index < -0.39 is 21.5 Å². The molecular formula is C20H20ClN3O5S. The number of aliphatic carboxylic acids is 1. The van der Waals surface area contributed by atoms with Crippen LogP contribution in [-0.2, 0) is 19.6 Å². The molecule has 0 aromatic heterocycles. The molecule has 1 spiro atoms. The van der Waals surface area contributed by atoms with E-state index in [4.69, 9.17) is 16.7 Å². The highest BCUT2D eigenvalue weighted by molar-refractivity contribution is 7.89. The van der Waals surface area contributed by atoms with Crippen LogP contribution < -0.4 is 10.0 Å². The number of carboxylic acid groups (broad SMARTS) is 1. The number of benzene rings is 1. The Morgan fingerprint density at radius 3 is 2.67 bits per heavy atom. The highest BCUT2D eigenvalue weighted by Gasteiger charge is 2.51. The van der Waals surface area contributed by atoms with Crippen molar-refractivity contribution in [3.8, 4) is 0 Å². The lowest BCUT2D eigenvalue weighted by Gasteiger charge is -2.38. The topological polar surface area (TPSA) is 125 Å². The Morgan fingerprint density at radius 1 is 1.30 bits per heavy atom. The Labute approximate surface area is 179 Å². The van der Waals surface area contributed by atoms with E-state index in [1.54, 1.807) is 37.3 Å². The van der Waals surface area contributed by atoms with Gasteiger partial charge in [-0.3, -0.25) is 19.3 Å². The summed E-state index contributed by atoms with van der Waals surface area (Å²) in [4.78, 5) is 26.3. The van der Waals surface area contributed by atoms with Crippen molar-refractivity contribution in [1.29, 1.82) is 0 Å². The van der Waals surface area contributed by atoms with Crippen molar-refractivity contribution in [1.82, 2.24) is 10.0 Å². The summed E-state index contributed by atoms with van der Waals surface area (Å²) in [7, 11) is -3.90. The third-order valence-corrected chi connectivity index (χ3v) is 6.61. The van der Waals surface area contributed by atoms with Gasteiger partial charge in [-0.05, 0) is 30.4 Å². The van der Waals surface area contributed by atoms with Crippen molar-refractivity contribution in [2.45, 2.75) is 30.2 Å². The molecule has 3 aliphatic rings. The number of hydrogen-bond donors (Lipinski definition) is 3. The summed E-state index contributed by atoms with van der Waals surface area (Å²) in [6, 6.07) is 6.20. The molecule has 0 saturated carbocycles. The number of aliphatic imine (C=N–C) groups is 1. The van der Waals surface area contributed by atoms with E-state index in [1.165, 1.54) is 18.3 Å². The molecule has 1 atom stereocenters. The third-order valence-electron chi connectivity index (χ3n) is 4.74. The predicted octanol–water partition coefficient (Wildman–Crippen LogP) is 2.19. The largest absolute Gasteiger partial charge is 0.481 e. The lowest BCUT2D eigenvalue weighted by atomic mass is 9.76. The van der Waals surface area contributed by atoms with Crippen molar-refractivity contribution in [3.63, 3.8) is 0 Å². The lowest BCUT2D eigenvalue weighted by Crippen LogP contribution is -2.52. The lowest BCUT2D eigenvalue weighted by molar-refractivity contribution is -0.136. The summed E-state index contributed by atoms with van der Waals surface area (Å²) in [5.74, 6) is -0.801. The van der Waals surface area contributed by atoms with Gasteiger partial charge in [0.2, 0.25) is 0 Å². The van der Waals surface area contributed by atoms with Gasteiger partial charge in [-0.2, -0.15) is 0 Å². The minimum Gasteiger partial charge on any atom is -0.481 e. The Hall–Kier alpha value is -2.91. The summed E-state index contributed by atoms with van der Waals surface area (Å²) >= 11 is 6.02. The van der Waals surface area contributed by atoms with Gasteiger partial charge in [0.15, 0.2) is 11.3 Å². The number of Topliss-reactive ketones (excluding diaryl/α,β-unsaturated/α-hetero) is 1. The molecule has 0 bridgehead atoms. The van der Waals surface area contributed by atoms with Crippen LogP contribution in [0.25, 0.3) is 0 Å². The minimum absolute atomic E-state index is 0.0194. The molecule has 2 aliphatic heterocycles. The third kappa shape index (κ3) is 3.90. The molecule has 1 aromatic carbocycles. The summed E-state index contributed by atoms with van der Waals surface area (Å²) < 4.78 is 28.0. The summed E-state index contributed by atoms with van der Waals surface area (Å²) in [6.07, 6.45) is 7.09. The summed E-state index contributed by atoms with van der Waals surface area (Å²) in [5, 5.41) is 11.0. The molecule has 1 aromatic rings. The van der Waals surface area contributed by atoms with E-state index in [1.807, 2.05) is 0 Å². The number of allylic oxidation sites excluding steroid dienone is 3. The molecule has 30 heavy (non-hydrogen) atoms. The molecule has 0 radical (unpaired) electrons. The van der Waals surface area contributed by atoms with Crippen LogP contribution in [0.2, 0.25) is 5.02 Å². The molecule has 1 saturated heterocycles. The molecule has 4 rings (SSSR count). The van der Waals surface area contributed by atoms with Gasteiger partial charge in [-0.15, -0.1) is 0 Å². The molecule has 2 heterocycles. The molecule has 0 amide bonds. The second-order valence-corrected chi connectivity index (χ2v) is 8.67. The highest BCUT2D eigenvalue weighted by atomic mass is 35.5. The smallest absolute Gasteiger partial charge is 0.303 e. The molecule has 158 valence electrons. The number of rotatable bonds is 4. The van der Waals surface area contributed by atoms with Gasteiger partial charge in [0.25, 0.3) is 10.0 Å². The van der Waals surface area contributed by atoms with Gasteiger partial charge >= 0.3 is 5.97 Å². The first-order valence-corrected chi connectivity index (χ1v) is 11.0. The number of nitrogens with one attached hydrogen (secondary N) is 2. The van der Waals surface area contributed by atoms with E-state index in [2.05, 4.69) is 15.0 Å². The van der Waals surface area contributed by atoms with Crippen LogP contribution in [0, 0.1) is 0 Å². The maximum absolute atomic E-state index is 12.7. The first-order chi connectivity index (χ1) is 14.2. The van der Waals surface area contributed by atoms with Crippen molar-refractivity contribution in [3.05, 3.63) is 64.5 Å². The van der Waals surface area contributed by atoms with Crippen LogP contribution in [-0.4, -0.2) is 43.6 Å². The van der Waals surface area contributed by atoms with Crippen LogP contribution in [0.3, 0.4) is 0 Å². The number of halogens is 1. The Kier molecular flexibility index (Phi) is 6.14. The van der Waals surface area contributed by atoms with Gasteiger partial charge in [-0.25, -0.2) is 8.42 Å². The van der Waals surface area contributed by atoms with Gasteiger partial charge in [-0.1, -0.05) is 30.7 Å². The van der Waals surface area contributed by atoms with Gasteiger partial charge in [0.1, 0.15) is 4.90 Å². The maximum Gasteiger partial charge on any atom is 0.303 e. The Balaban J connectivity index is 0.000000461. The van der Waals surface area contributed by atoms with Crippen LogP contribution >= 0.6 is 11.6 Å². The van der Waals surface area contributed by atoms with Crippen molar-refractivity contribution in [2.24, 2.45) is 4.99 Å². The summed E-state index contributed by atoms with van der Waals surface area (Å²) in [6.45, 7) is 2.14. The number of nitrogens with zero attached hydrogens (tertiary/aromatic N) is 1. The van der Waals surface area contributed by atoms with E-state index >= 15 is 0 Å². The van der Waals surface area contributed by atoms with Crippen molar-refractivity contribution < 1.29 is 23.1 Å². The Morgan fingerprint density at radius 2 is 2.00 bits per heavy atom. The van der Waals surface area contributed by atoms with Gasteiger partial charge in [0.05, 0.1) is 16.4 Å². The van der Waals surface area contributed by atoms with E-state index in [-0.39, 0.29) is 22.1 Å². The average Bonchev–Trinajstić information content (AvgIpc) is 3.16. The van der Waals surface area contributed by atoms with Crippen LogP contribution in [0.1, 0.15) is 19.8 Å². The zero-order valence-corrected chi connectivity index (χ0v) is 17.6. The average molecular weight is 450 g/mol. The SMILES string of the molecule is CCC(=O)O.O=C1CCNC2=CC=C(NS(=O)(=O)c3ccccc3Cl)C3=CC=NC123. The van der Waals surface area contributed by atoms with E-state index in [0.29, 0.717) is 29.9 Å². The van der Waals surface area contributed by atoms with Gasteiger partial charge in [0, 0.05) is 31.2 Å². The second kappa shape index (κ2) is 8.45. The van der Waals surface area contributed by atoms with Crippen molar-refractivity contribution >= 4 is 39.6 Å². The fourth-order valence-electron chi connectivity index (χ4n) is 3.29. The fraction of sp³-hybridized carbons (Fsp3) is 0.250. The molecule has 10 heteroatoms. The molecule has 8 nitrogen and oxygen atoms in total. The van der Waals surface area contributed by atoms with E-state index in [9.17, 15) is 18.0 Å². The predicted molar refractivity (Wildman–Crippen MR) is 113 cm³/mol. The number of hydrogen-bond acceptors (Lipinski definition) is 6. The zero-order chi connectivity index (χ0) is 21.9. The quantitative estimate of drug-likeness (QED) is 0.647. The fourth-order valence-corrected chi connectivity index (χ4v) is 4.89. The maximum atomic E-state index is 12.7. The normalized spacial score (nSPS) is 21.7. The second-order valence-electron chi connectivity index (χ2n) is 6.61. The number of piperidine rings is 1. The first-order valence-electron chi connectivity index (χ1n) is 9.17. The number of carboxylic acids is 1. The molecular weight excluding hydrogens is 430 g/mol. The van der Waals surface area contributed by atoms with Crippen LogP contribution in [0.5, 0.6) is 0 Å². The monoisotopic (exact) mass is 449 g/mol. The zero-order valence-electron chi connectivity index (χ0n) is 16.1. The standard InChI is InChI=1S/C17H14ClN3O3S.C3H6O2/c18-12-3-1-2-4-14(12)25(23,24)21-13-5-6-15-17(11(13)7-10-20-17)16(22)8-9-19-15;1-2-3(4)5/h1-7,10,19,21H,8-9H2;2H2,1H3,(H,4,5). The van der Waals surface area contributed by atoms with E-state index in [0.717, 1.165) is 0 Å².